The number of β-amino-alcohol motifs (C(OH)–C–C–N with tert-alkyl or cyclic N) is 1. The molecule has 2 heterocycles. The van der Waals surface area contributed by atoms with Crippen molar-refractivity contribution in [2.45, 2.75) is 58.1 Å². The van der Waals surface area contributed by atoms with Gasteiger partial charge in [-0.1, -0.05) is 75.7 Å². The number of piperidine rings is 1. The molecule has 2 N–H and O–H groups in total. The topological polar surface area (TPSA) is 65.7 Å². The van der Waals surface area contributed by atoms with Crippen LogP contribution in [0.5, 0.6) is 0 Å². The quantitative estimate of drug-likeness (QED) is 0.346. The third kappa shape index (κ3) is 6.15. The van der Waals surface area contributed by atoms with Gasteiger partial charge in [0.25, 0.3) is 0 Å². The fraction of sp³-hybridized carbons (Fsp3) is 0.387. The predicted octanol–water partition coefficient (Wildman–Crippen LogP) is 6.32. The average Bonchev–Trinajstić information content (AvgIpc) is 3.18. The highest BCUT2D eigenvalue weighted by Gasteiger charge is 2.17. The van der Waals surface area contributed by atoms with Crippen LogP contribution in [0.3, 0.4) is 0 Å². The summed E-state index contributed by atoms with van der Waals surface area (Å²) in [6, 6.07) is 24.0. The van der Waals surface area contributed by atoms with Crippen molar-refractivity contribution in [2.75, 3.05) is 19.6 Å². The van der Waals surface area contributed by atoms with Gasteiger partial charge in [-0.3, -0.25) is 0 Å². The summed E-state index contributed by atoms with van der Waals surface area (Å²) in [6.45, 7) is 9.99. The molecule has 1 atom stereocenters. The van der Waals surface area contributed by atoms with Crippen LogP contribution in [0.15, 0.2) is 72.8 Å². The number of aromatic carboxylic acids is 1. The summed E-state index contributed by atoms with van der Waals surface area (Å²) in [6.07, 6.45) is 3.54. The van der Waals surface area contributed by atoms with E-state index < -0.39 is 5.97 Å². The SMILES string of the molecule is CC(C)(C)c1ccc(C(=O)O)cc1.OC(CN1CCCCC1)Cn1c2ccccc2c2ccccc21. The normalized spacial score (nSPS) is 15.4. The second kappa shape index (κ2) is 11.3. The van der Waals surface area contributed by atoms with Gasteiger partial charge in [0, 0.05) is 28.4 Å². The molecular weight excluding hydrogens is 448 g/mol. The van der Waals surface area contributed by atoms with E-state index in [1.165, 1.54) is 41.1 Å². The van der Waals surface area contributed by atoms with Gasteiger partial charge in [-0.2, -0.15) is 0 Å². The Kier molecular flexibility index (Phi) is 8.12. The lowest BCUT2D eigenvalue weighted by molar-refractivity contribution is 0.0696. The minimum absolute atomic E-state index is 0.0804. The van der Waals surface area contributed by atoms with Crippen molar-refractivity contribution < 1.29 is 15.0 Å². The number of carboxylic acid groups (broad SMARTS) is 1. The largest absolute Gasteiger partial charge is 0.478 e. The molecule has 0 bridgehead atoms. The van der Waals surface area contributed by atoms with Crippen LogP contribution in [0.25, 0.3) is 21.8 Å². The van der Waals surface area contributed by atoms with Crippen molar-refractivity contribution in [3.8, 4) is 0 Å². The molecular formula is C31H38N2O3. The van der Waals surface area contributed by atoms with Crippen LogP contribution in [0, 0.1) is 0 Å². The Morgan fingerprint density at radius 2 is 1.33 bits per heavy atom. The average molecular weight is 487 g/mol. The lowest BCUT2D eigenvalue weighted by Crippen LogP contribution is -2.38. The van der Waals surface area contributed by atoms with Crippen molar-refractivity contribution in [3.63, 3.8) is 0 Å². The Morgan fingerprint density at radius 1 is 0.806 bits per heavy atom. The number of fused-ring (bicyclic) bond motifs is 3. The Bertz CT molecular complexity index is 1240. The zero-order valence-electron chi connectivity index (χ0n) is 21.7. The molecule has 0 spiro atoms. The second-order valence-corrected chi connectivity index (χ2v) is 10.8. The van der Waals surface area contributed by atoms with Crippen molar-refractivity contribution in [3.05, 3.63) is 83.9 Å². The molecule has 1 aliphatic heterocycles. The lowest BCUT2D eigenvalue weighted by atomic mass is 9.87. The second-order valence-electron chi connectivity index (χ2n) is 10.8. The highest BCUT2D eigenvalue weighted by molar-refractivity contribution is 6.07. The molecule has 1 fully saturated rings. The van der Waals surface area contributed by atoms with E-state index in [2.05, 4.69) is 78.8 Å². The van der Waals surface area contributed by atoms with Gasteiger partial charge < -0.3 is 19.7 Å². The number of rotatable bonds is 5. The maximum Gasteiger partial charge on any atom is 0.335 e. The fourth-order valence-electron chi connectivity index (χ4n) is 5.02. The summed E-state index contributed by atoms with van der Waals surface area (Å²) in [5, 5.41) is 21.9. The monoisotopic (exact) mass is 486 g/mol. The summed E-state index contributed by atoms with van der Waals surface area (Å²) in [5.74, 6) is -0.875. The fourth-order valence-corrected chi connectivity index (χ4v) is 5.02. The first-order valence-corrected chi connectivity index (χ1v) is 12.9. The van der Waals surface area contributed by atoms with Crippen molar-refractivity contribution in [1.29, 1.82) is 0 Å². The summed E-state index contributed by atoms with van der Waals surface area (Å²) < 4.78 is 2.28. The Balaban J connectivity index is 0.000000200. The van der Waals surface area contributed by atoms with Gasteiger partial charge in [0.1, 0.15) is 0 Å². The van der Waals surface area contributed by atoms with Crippen LogP contribution in [0.4, 0.5) is 0 Å². The van der Waals surface area contributed by atoms with Crippen LogP contribution < -0.4 is 0 Å². The first-order chi connectivity index (χ1) is 17.2. The molecule has 1 aliphatic rings. The molecule has 0 radical (unpaired) electrons. The molecule has 190 valence electrons. The molecule has 5 nitrogen and oxygen atoms in total. The minimum atomic E-state index is -0.875. The zero-order chi connectivity index (χ0) is 25.7. The van der Waals surface area contributed by atoms with Crippen LogP contribution >= 0.6 is 0 Å². The number of hydrogen-bond donors (Lipinski definition) is 2. The molecule has 1 saturated heterocycles. The van der Waals surface area contributed by atoms with Crippen LogP contribution in [-0.4, -0.2) is 51.4 Å². The highest BCUT2D eigenvalue weighted by atomic mass is 16.4. The van der Waals surface area contributed by atoms with Gasteiger partial charge in [0.05, 0.1) is 18.2 Å². The first kappa shape index (κ1) is 25.9. The third-order valence-corrected chi connectivity index (χ3v) is 6.99. The van der Waals surface area contributed by atoms with E-state index in [4.69, 9.17) is 5.11 Å². The predicted molar refractivity (Wildman–Crippen MR) is 148 cm³/mol. The molecule has 5 heteroatoms. The number of aliphatic hydroxyl groups excluding tert-OH is 1. The van der Waals surface area contributed by atoms with Crippen molar-refractivity contribution in [2.24, 2.45) is 0 Å². The van der Waals surface area contributed by atoms with Crippen molar-refractivity contribution >= 4 is 27.8 Å². The molecule has 4 aromatic rings. The minimum Gasteiger partial charge on any atom is -0.478 e. The van der Waals surface area contributed by atoms with E-state index in [9.17, 15) is 9.90 Å². The van der Waals surface area contributed by atoms with Crippen LogP contribution in [0.1, 0.15) is 56.0 Å². The van der Waals surface area contributed by atoms with Gasteiger partial charge in [-0.05, 0) is 61.2 Å². The van der Waals surface area contributed by atoms with Gasteiger partial charge >= 0.3 is 5.97 Å². The number of carboxylic acids is 1. The summed E-state index contributed by atoms with van der Waals surface area (Å²) >= 11 is 0. The van der Waals surface area contributed by atoms with E-state index >= 15 is 0 Å². The number of aliphatic hydroxyl groups is 1. The number of aromatic nitrogens is 1. The Labute approximate surface area is 214 Å². The number of hydrogen-bond acceptors (Lipinski definition) is 3. The number of likely N-dealkylation sites (tertiary alicyclic amines) is 1. The molecule has 1 aromatic heterocycles. The summed E-state index contributed by atoms with van der Waals surface area (Å²) in [7, 11) is 0. The van der Waals surface area contributed by atoms with Gasteiger partial charge in [0.2, 0.25) is 0 Å². The lowest BCUT2D eigenvalue weighted by Gasteiger charge is -2.28. The standard InChI is InChI=1S/C20H24N2O.C11H14O2/c23-16(14-21-12-6-1-7-13-21)15-22-19-10-4-2-8-17(19)18-9-3-5-11-20(18)22;1-11(2,3)9-6-4-8(5-7-9)10(12)13/h2-5,8-11,16,23H,1,6-7,12-15H2;4-7H,1-3H3,(H,12,13). The van der Waals surface area contributed by atoms with Gasteiger partial charge in [-0.15, -0.1) is 0 Å². The number of carbonyl (C=O) groups is 1. The molecule has 1 unspecified atom stereocenters. The first-order valence-electron chi connectivity index (χ1n) is 12.9. The molecule has 3 aromatic carbocycles. The number of benzene rings is 3. The third-order valence-electron chi connectivity index (χ3n) is 6.99. The van der Waals surface area contributed by atoms with Crippen molar-refractivity contribution in [1.82, 2.24) is 9.47 Å². The van der Waals surface area contributed by atoms with E-state index in [1.54, 1.807) is 12.1 Å². The maximum atomic E-state index is 10.6. The number of nitrogens with zero attached hydrogens (tertiary/aromatic N) is 2. The molecule has 0 saturated carbocycles. The van der Waals surface area contributed by atoms with E-state index in [-0.39, 0.29) is 11.5 Å². The Morgan fingerprint density at radius 3 is 1.83 bits per heavy atom. The maximum absolute atomic E-state index is 10.6. The molecule has 0 aliphatic carbocycles. The van der Waals surface area contributed by atoms with E-state index in [0.717, 1.165) is 25.2 Å². The molecule has 5 rings (SSSR count). The van der Waals surface area contributed by atoms with Crippen LogP contribution in [-0.2, 0) is 12.0 Å². The Hall–Kier alpha value is -3.15. The smallest absolute Gasteiger partial charge is 0.335 e. The van der Waals surface area contributed by atoms with E-state index in [0.29, 0.717) is 12.1 Å². The van der Waals surface area contributed by atoms with Gasteiger partial charge in [-0.25, -0.2) is 4.79 Å². The summed E-state index contributed by atoms with van der Waals surface area (Å²) in [5.41, 5.74) is 4.00. The molecule has 0 amide bonds. The van der Waals surface area contributed by atoms with Gasteiger partial charge in [0.15, 0.2) is 0 Å². The summed E-state index contributed by atoms with van der Waals surface area (Å²) in [4.78, 5) is 13.0. The van der Waals surface area contributed by atoms with E-state index in [1.807, 2.05) is 12.1 Å². The molecule has 36 heavy (non-hydrogen) atoms. The number of para-hydroxylation sites is 2. The zero-order valence-corrected chi connectivity index (χ0v) is 21.7. The highest BCUT2D eigenvalue weighted by Crippen LogP contribution is 2.29. The van der Waals surface area contributed by atoms with Crippen LogP contribution in [0.2, 0.25) is 0 Å².